The Balaban J connectivity index is 0.00000256. The number of phenolic OH excluding ortho intramolecular Hbond substituents is 1. The molecule has 10 heteroatoms. The zero-order valence-electron chi connectivity index (χ0n) is 17.4. The zero-order chi connectivity index (χ0) is 20.6. The smallest absolute Gasteiger partial charge is 0.245 e. The van der Waals surface area contributed by atoms with E-state index in [-0.39, 0.29) is 23.6 Å². The number of aromatic hydroxyl groups is 1. The molecule has 30 heavy (non-hydrogen) atoms. The lowest BCUT2D eigenvalue weighted by Gasteiger charge is -2.43. The van der Waals surface area contributed by atoms with E-state index >= 15 is 0 Å². The highest BCUT2D eigenvalue weighted by Crippen LogP contribution is 2.31. The van der Waals surface area contributed by atoms with E-state index in [0.717, 1.165) is 18.7 Å². The molecular weight excluding hydrogens is 422 g/mol. The molecule has 0 amide bonds. The summed E-state index contributed by atoms with van der Waals surface area (Å²) < 4.78 is 4.19. The van der Waals surface area contributed by atoms with E-state index in [9.17, 15) is 5.11 Å². The van der Waals surface area contributed by atoms with Crippen molar-refractivity contribution in [1.82, 2.24) is 29.9 Å². The fourth-order valence-corrected chi connectivity index (χ4v) is 3.93. The van der Waals surface area contributed by atoms with Crippen LogP contribution in [0, 0.1) is 5.41 Å². The van der Waals surface area contributed by atoms with Crippen LogP contribution in [-0.4, -0.2) is 54.8 Å². The predicted molar refractivity (Wildman–Crippen MR) is 121 cm³/mol. The molecule has 2 aromatic heterocycles. The van der Waals surface area contributed by atoms with Gasteiger partial charge < -0.3 is 15.3 Å². The van der Waals surface area contributed by atoms with Gasteiger partial charge in [-0.05, 0) is 36.0 Å². The maximum absolute atomic E-state index is 10.5. The first kappa shape index (κ1) is 22.3. The number of aromatic nitrogens is 5. The van der Waals surface area contributed by atoms with Crippen molar-refractivity contribution in [2.24, 2.45) is 5.41 Å². The van der Waals surface area contributed by atoms with Gasteiger partial charge in [-0.2, -0.15) is 4.37 Å². The highest BCUT2D eigenvalue weighted by molar-refractivity contribution is 7.03. The zero-order valence-corrected chi connectivity index (χ0v) is 19.0. The third kappa shape index (κ3) is 4.69. The summed E-state index contributed by atoms with van der Waals surface area (Å²) in [6, 6.07) is 5.97. The topological polar surface area (TPSA) is 100.0 Å². The number of hydrogen-bond donors (Lipinski definition) is 2. The fourth-order valence-electron chi connectivity index (χ4n) is 3.48. The largest absolute Gasteiger partial charge is 0.507 e. The van der Waals surface area contributed by atoms with Gasteiger partial charge in [0.05, 0.1) is 6.20 Å². The summed E-state index contributed by atoms with van der Waals surface area (Å²) in [5, 5.41) is 22.8. The average molecular weight is 448 g/mol. The first-order chi connectivity index (χ1) is 13.8. The lowest BCUT2D eigenvalue weighted by atomic mass is 9.84. The molecule has 160 valence electrons. The average Bonchev–Trinajstić information content (AvgIpc) is 3.22. The number of halogens is 1. The Morgan fingerprint density at radius 1 is 1.17 bits per heavy atom. The first-order valence-electron chi connectivity index (χ1n) is 9.62. The Morgan fingerprint density at radius 2 is 1.97 bits per heavy atom. The lowest BCUT2D eigenvalue weighted by molar-refractivity contribution is 0.227. The second-order valence-corrected chi connectivity index (χ2v) is 9.13. The standard InChI is InChI=1S/C20H25N7OS.ClH/c1-12-9-27(10-17(23-12)20(2,3)4)19-21-8-15(24-25-19)14-6-5-13(7-16(14)28)18-22-11-29-26-18;/h5-8,11-12,17,23,28H,9-10H2,1-4H3;1H/t12-,17-;/m1./s1. The number of hydrogen-bond acceptors (Lipinski definition) is 9. The molecule has 0 aliphatic carbocycles. The van der Waals surface area contributed by atoms with E-state index in [1.165, 1.54) is 11.5 Å². The molecule has 0 bridgehead atoms. The minimum Gasteiger partial charge on any atom is -0.507 e. The molecule has 8 nitrogen and oxygen atoms in total. The number of benzene rings is 1. The van der Waals surface area contributed by atoms with Crippen molar-refractivity contribution < 1.29 is 5.11 Å². The molecule has 1 aromatic carbocycles. The van der Waals surface area contributed by atoms with Gasteiger partial charge in [-0.15, -0.1) is 22.6 Å². The number of nitrogens with one attached hydrogen (secondary N) is 1. The maximum atomic E-state index is 10.5. The molecule has 1 fully saturated rings. The summed E-state index contributed by atoms with van der Waals surface area (Å²) in [4.78, 5) is 10.9. The third-order valence-corrected chi connectivity index (χ3v) is 5.63. The molecule has 1 aliphatic heterocycles. The number of piperazine rings is 1. The van der Waals surface area contributed by atoms with Crippen LogP contribution in [0.3, 0.4) is 0 Å². The molecular formula is C20H26ClN7OS. The Hall–Kier alpha value is -2.36. The van der Waals surface area contributed by atoms with Crippen molar-refractivity contribution in [3.8, 4) is 28.4 Å². The van der Waals surface area contributed by atoms with E-state index in [0.29, 0.717) is 35.1 Å². The van der Waals surface area contributed by atoms with Crippen molar-refractivity contribution >= 4 is 29.9 Å². The van der Waals surface area contributed by atoms with Gasteiger partial charge in [0.2, 0.25) is 5.95 Å². The van der Waals surface area contributed by atoms with Crippen molar-refractivity contribution in [2.75, 3.05) is 18.0 Å². The van der Waals surface area contributed by atoms with Crippen LogP contribution in [0.15, 0.2) is 29.9 Å². The van der Waals surface area contributed by atoms with Crippen LogP contribution < -0.4 is 10.2 Å². The monoisotopic (exact) mass is 447 g/mol. The van der Waals surface area contributed by atoms with E-state index in [1.54, 1.807) is 23.8 Å². The predicted octanol–water partition coefficient (Wildman–Crippen LogP) is 3.40. The summed E-state index contributed by atoms with van der Waals surface area (Å²) in [5.74, 6) is 1.31. The number of nitrogens with zero attached hydrogens (tertiary/aromatic N) is 6. The van der Waals surface area contributed by atoms with E-state index in [4.69, 9.17) is 0 Å². The van der Waals surface area contributed by atoms with Gasteiger partial charge in [0.15, 0.2) is 5.82 Å². The van der Waals surface area contributed by atoms with Crippen LogP contribution in [0.25, 0.3) is 22.6 Å². The Labute approximate surface area is 186 Å². The highest BCUT2D eigenvalue weighted by atomic mass is 35.5. The van der Waals surface area contributed by atoms with Gasteiger partial charge in [-0.25, -0.2) is 9.97 Å². The fraction of sp³-hybridized carbons (Fsp3) is 0.450. The van der Waals surface area contributed by atoms with Crippen LogP contribution in [0.4, 0.5) is 5.95 Å². The molecule has 0 radical (unpaired) electrons. The SMILES string of the molecule is C[C@@H]1CN(c2ncc(-c3ccc(-c4ncsn4)cc3O)nn2)C[C@H](C(C)(C)C)N1.Cl. The molecule has 0 unspecified atom stereocenters. The molecule has 0 saturated carbocycles. The van der Waals surface area contributed by atoms with Gasteiger partial charge in [0, 0.05) is 36.3 Å². The summed E-state index contributed by atoms with van der Waals surface area (Å²) in [6.45, 7) is 10.5. The van der Waals surface area contributed by atoms with Gasteiger partial charge in [-0.1, -0.05) is 26.8 Å². The van der Waals surface area contributed by atoms with Crippen molar-refractivity contribution in [3.63, 3.8) is 0 Å². The maximum Gasteiger partial charge on any atom is 0.245 e. The molecule has 4 rings (SSSR count). The van der Waals surface area contributed by atoms with Crippen LogP contribution in [-0.2, 0) is 0 Å². The van der Waals surface area contributed by atoms with Gasteiger partial charge in [0.25, 0.3) is 0 Å². The van der Waals surface area contributed by atoms with Crippen molar-refractivity contribution in [1.29, 1.82) is 0 Å². The quantitative estimate of drug-likeness (QED) is 0.630. The van der Waals surface area contributed by atoms with Crippen LogP contribution in [0.2, 0.25) is 0 Å². The lowest BCUT2D eigenvalue weighted by Crippen LogP contribution is -2.60. The summed E-state index contributed by atoms with van der Waals surface area (Å²) in [5.41, 5.74) is 3.67. The molecule has 2 atom stereocenters. The van der Waals surface area contributed by atoms with Crippen molar-refractivity contribution in [2.45, 2.75) is 39.8 Å². The first-order valence-corrected chi connectivity index (χ1v) is 10.5. The Bertz CT molecular complexity index is 976. The van der Waals surface area contributed by atoms with E-state index < -0.39 is 0 Å². The number of anilines is 1. The normalized spacial score (nSPS) is 19.4. The van der Waals surface area contributed by atoms with E-state index in [2.05, 4.69) is 62.5 Å². The van der Waals surface area contributed by atoms with Gasteiger partial charge >= 0.3 is 0 Å². The summed E-state index contributed by atoms with van der Waals surface area (Å²) in [6.07, 6.45) is 1.66. The molecule has 0 spiro atoms. The molecule has 3 aromatic rings. The molecule has 2 N–H and O–H groups in total. The summed E-state index contributed by atoms with van der Waals surface area (Å²) >= 11 is 1.27. The molecule has 1 saturated heterocycles. The highest BCUT2D eigenvalue weighted by Gasteiger charge is 2.33. The second kappa shape index (κ2) is 8.79. The Morgan fingerprint density at radius 3 is 2.57 bits per heavy atom. The van der Waals surface area contributed by atoms with Crippen LogP contribution in [0.1, 0.15) is 27.7 Å². The van der Waals surface area contributed by atoms with Gasteiger partial charge in [-0.3, -0.25) is 0 Å². The molecule has 3 heterocycles. The van der Waals surface area contributed by atoms with Crippen LogP contribution >= 0.6 is 23.9 Å². The van der Waals surface area contributed by atoms with Crippen LogP contribution in [0.5, 0.6) is 5.75 Å². The Kier molecular flexibility index (Phi) is 6.54. The number of phenols is 1. The van der Waals surface area contributed by atoms with E-state index in [1.807, 2.05) is 6.07 Å². The third-order valence-electron chi connectivity index (χ3n) is 5.15. The molecule has 1 aliphatic rings. The second-order valence-electron chi connectivity index (χ2n) is 8.52. The van der Waals surface area contributed by atoms with Crippen molar-refractivity contribution in [3.05, 3.63) is 29.9 Å². The van der Waals surface area contributed by atoms with Gasteiger partial charge in [0.1, 0.15) is 17.0 Å². The minimum atomic E-state index is 0. The summed E-state index contributed by atoms with van der Waals surface area (Å²) in [7, 11) is 0. The number of rotatable bonds is 3. The minimum absolute atomic E-state index is 0.